The minimum atomic E-state index is 0.472. The fourth-order valence-electron chi connectivity index (χ4n) is 1.37. The summed E-state index contributed by atoms with van der Waals surface area (Å²) in [6, 6.07) is 11.5. The molecule has 1 aromatic carbocycles. The first kappa shape index (κ1) is 11.9. The summed E-state index contributed by atoms with van der Waals surface area (Å²) in [5, 5.41) is 0. The Bertz CT molecular complexity index is 505. The molecule has 1 heterocycles. The number of nitrogen functional groups attached to an aromatic ring is 1. The number of halogens is 1. The van der Waals surface area contributed by atoms with Crippen molar-refractivity contribution in [3.05, 3.63) is 52.6 Å². The fraction of sp³-hybridized carbons (Fsp3) is 0.0833. The molecule has 0 fully saturated rings. The van der Waals surface area contributed by atoms with Crippen molar-refractivity contribution in [2.45, 2.75) is 6.61 Å². The van der Waals surface area contributed by atoms with Crippen LogP contribution in [0.1, 0.15) is 5.56 Å². The molecule has 5 heteroatoms. The first-order valence-corrected chi connectivity index (χ1v) is 5.88. The number of para-hydroxylation sites is 1. The first-order chi connectivity index (χ1) is 8.29. The quantitative estimate of drug-likeness (QED) is 0.672. The third kappa shape index (κ3) is 3.18. The molecule has 0 aliphatic heterocycles. The summed E-state index contributed by atoms with van der Waals surface area (Å²) in [5.74, 6) is 6.72. The molecule has 0 unspecified atom stereocenters. The Morgan fingerprint density at radius 2 is 2.12 bits per heavy atom. The smallest absolute Gasteiger partial charge is 0.140 e. The number of benzene rings is 1. The third-order valence-corrected chi connectivity index (χ3v) is 2.86. The van der Waals surface area contributed by atoms with Gasteiger partial charge in [-0.2, -0.15) is 0 Å². The van der Waals surface area contributed by atoms with Gasteiger partial charge in [-0.05, 0) is 45.8 Å². The number of hydrogen-bond donors (Lipinski definition) is 2. The average molecular weight is 294 g/mol. The molecule has 2 aromatic rings. The van der Waals surface area contributed by atoms with E-state index >= 15 is 0 Å². The van der Waals surface area contributed by atoms with Gasteiger partial charge in [0.15, 0.2) is 0 Å². The Kier molecular flexibility index (Phi) is 3.95. The molecule has 2 rings (SSSR count). The van der Waals surface area contributed by atoms with Gasteiger partial charge in [-0.15, -0.1) is 0 Å². The summed E-state index contributed by atoms with van der Waals surface area (Å²) in [6.45, 7) is 0.472. The van der Waals surface area contributed by atoms with Crippen molar-refractivity contribution in [2.24, 2.45) is 5.84 Å². The molecular formula is C12H12BrN3O. The van der Waals surface area contributed by atoms with Crippen LogP contribution in [0.5, 0.6) is 5.75 Å². The minimum Gasteiger partial charge on any atom is -0.488 e. The van der Waals surface area contributed by atoms with E-state index in [9.17, 15) is 0 Å². The topological polar surface area (TPSA) is 60.2 Å². The number of rotatable bonds is 4. The minimum absolute atomic E-state index is 0.472. The second-order valence-corrected chi connectivity index (χ2v) is 4.27. The number of aromatic nitrogens is 1. The number of ether oxygens (including phenoxy) is 1. The number of nitrogens with two attached hydrogens (primary N) is 1. The summed E-state index contributed by atoms with van der Waals surface area (Å²) >= 11 is 3.43. The molecule has 4 nitrogen and oxygen atoms in total. The Morgan fingerprint density at radius 1 is 1.29 bits per heavy atom. The lowest BCUT2D eigenvalue weighted by Crippen LogP contribution is -2.09. The maximum absolute atomic E-state index is 5.68. The molecule has 88 valence electrons. The predicted octanol–water partition coefficient (Wildman–Crippen LogP) is 2.71. The van der Waals surface area contributed by atoms with E-state index in [-0.39, 0.29) is 0 Å². The van der Waals surface area contributed by atoms with Gasteiger partial charge in [0.25, 0.3) is 0 Å². The number of hydrazine groups is 1. The highest BCUT2D eigenvalue weighted by Crippen LogP contribution is 2.24. The highest BCUT2D eigenvalue weighted by Gasteiger charge is 2.01. The zero-order valence-corrected chi connectivity index (χ0v) is 10.6. The van der Waals surface area contributed by atoms with Crippen LogP contribution in [0, 0.1) is 0 Å². The average Bonchev–Trinajstić information content (AvgIpc) is 2.38. The van der Waals surface area contributed by atoms with Crippen LogP contribution < -0.4 is 16.0 Å². The lowest BCUT2D eigenvalue weighted by atomic mass is 10.3. The van der Waals surface area contributed by atoms with Crippen molar-refractivity contribution >= 4 is 21.7 Å². The summed E-state index contributed by atoms with van der Waals surface area (Å²) in [7, 11) is 0. The Balaban J connectivity index is 2.05. The van der Waals surface area contributed by atoms with E-state index < -0.39 is 0 Å². The largest absolute Gasteiger partial charge is 0.488 e. The number of nitrogens with one attached hydrogen (secondary N) is 1. The first-order valence-electron chi connectivity index (χ1n) is 5.08. The number of pyridine rings is 1. The Labute approximate surface area is 108 Å². The number of anilines is 1. The molecule has 0 saturated heterocycles. The van der Waals surface area contributed by atoms with Crippen molar-refractivity contribution in [3.63, 3.8) is 0 Å². The maximum Gasteiger partial charge on any atom is 0.140 e. The lowest BCUT2D eigenvalue weighted by molar-refractivity contribution is 0.304. The van der Waals surface area contributed by atoms with Crippen LogP contribution >= 0.6 is 15.9 Å². The molecule has 0 aliphatic carbocycles. The second-order valence-electron chi connectivity index (χ2n) is 3.41. The molecule has 0 spiro atoms. The molecule has 0 amide bonds. The molecule has 17 heavy (non-hydrogen) atoms. The van der Waals surface area contributed by atoms with Crippen LogP contribution in [-0.4, -0.2) is 4.98 Å². The lowest BCUT2D eigenvalue weighted by Gasteiger charge is -2.08. The van der Waals surface area contributed by atoms with Gasteiger partial charge in [-0.1, -0.05) is 12.1 Å². The van der Waals surface area contributed by atoms with Gasteiger partial charge < -0.3 is 10.2 Å². The molecule has 1 aromatic heterocycles. The van der Waals surface area contributed by atoms with Crippen molar-refractivity contribution in [1.82, 2.24) is 4.98 Å². The molecule has 0 bridgehead atoms. The summed E-state index contributed by atoms with van der Waals surface area (Å²) in [6.07, 6.45) is 1.69. The van der Waals surface area contributed by atoms with E-state index in [4.69, 9.17) is 10.6 Å². The summed E-state index contributed by atoms with van der Waals surface area (Å²) < 4.78 is 6.62. The molecule has 0 aliphatic rings. The van der Waals surface area contributed by atoms with E-state index in [1.54, 1.807) is 6.20 Å². The third-order valence-electron chi connectivity index (χ3n) is 2.20. The van der Waals surface area contributed by atoms with Gasteiger partial charge in [0.2, 0.25) is 0 Å². The zero-order chi connectivity index (χ0) is 12.1. The predicted molar refractivity (Wildman–Crippen MR) is 70.5 cm³/mol. The van der Waals surface area contributed by atoms with Gasteiger partial charge >= 0.3 is 0 Å². The van der Waals surface area contributed by atoms with Crippen LogP contribution in [0.25, 0.3) is 0 Å². The summed E-state index contributed by atoms with van der Waals surface area (Å²) in [5.41, 5.74) is 3.50. The normalized spacial score (nSPS) is 10.0. The van der Waals surface area contributed by atoms with Gasteiger partial charge in [0.05, 0.1) is 4.47 Å². The zero-order valence-electron chi connectivity index (χ0n) is 9.06. The molecule has 3 N–H and O–H groups in total. The standard InChI is InChI=1S/C12H12BrN3O/c13-10-3-1-2-4-11(10)17-8-9-5-6-15-12(7-9)16-14/h1-7H,8,14H2,(H,15,16). The van der Waals surface area contributed by atoms with Gasteiger partial charge in [-0.25, -0.2) is 10.8 Å². The molecule has 0 radical (unpaired) electrons. The molecule has 0 atom stereocenters. The van der Waals surface area contributed by atoms with Gasteiger partial charge in [0.1, 0.15) is 18.2 Å². The van der Waals surface area contributed by atoms with Crippen LogP contribution in [0.15, 0.2) is 47.1 Å². The number of nitrogens with zero attached hydrogens (tertiary/aromatic N) is 1. The van der Waals surface area contributed by atoms with Crippen LogP contribution in [0.4, 0.5) is 5.82 Å². The highest BCUT2D eigenvalue weighted by molar-refractivity contribution is 9.10. The van der Waals surface area contributed by atoms with Crippen LogP contribution in [0.3, 0.4) is 0 Å². The van der Waals surface area contributed by atoms with Gasteiger partial charge in [0, 0.05) is 6.20 Å². The monoisotopic (exact) mass is 293 g/mol. The van der Waals surface area contributed by atoms with Crippen LogP contribution in [0.2, 0.25) is 0 Å². The molecular weight excluding hydrogens is 282 g/mol. The van der Waals surface area contributed by atoms with E-state index in [0.717, 1.165) is 15.8 Å². The SMILES string of the molecule is NNc1cc(COc2ccccc2Br)ccn1. The van der Waals surface area contributed by atoms with Crippen molar-refractivity contribution in [1.29, 1.82) is 0 Å². The maximum atomic E-state index is 5.68. The highest BCUT2D eigenvalue weighted by atomic mass is 79.9. The van der Waals surface area contributed by atoms with Crippen molar-refractivity contribution in [2.75, 3.05) is 5.43 Å². The van der Waals surface area contributed by atoms with Crippen molar-refractivity contribution in [3.8, 4) is 5.75 Å². The van der Waals surface area contributed by atoms with E-state index in [2.05, 4.69) is 26.3 Å². The van der Waals surface area contributed by atoms with Crippen LogP contribution in [-0.2, 0) is 6.61 Å². The number of hydrogen-bond acceptors (Lipinski definition) is 4. The van der Waals surface area contributed by atoms with Crippen molar-refractivity contribution < 1.29 is 4.74 Å². The van der Waals surface area contributed by atoms with E-state index in [1.165, 1.54) is 0 Å². The van der Waals surface area contributed by atoms with Gasteiger partial charge in [-0.3, -0.25) is 0 Å². The molecule has 0 saturated carbocycles. The van der Waals surface area contributed by atoms with E-state index in [1.807, 2.05) is 36.4 Å². The summed E-state index contributed by atoms with van der Waals surface area (Å²) in [4.78, 5) is 4.03. The van der Waals surface area contributed by atoms with E-state index in [0.29, 0.717) is 12.4 Å². The second kappa shape index (κ2) is 5.65. The fourth-order valence-corrected chi connectivity index (χ4v) is 1.77. The Hall–Kier alpha value is -1.59. The Morgan fingerprint density at radius 3 is 2.88 bits per heavy atom.